The summed E-state index contributed by atoms with van der Waals surface area (Å²) in [5.74, 6) is 0.275. The van der Waals surface area contributed by atoms with E-state index in [0.29, 0.717) is 23.7 Å². The molecule has 10 nitrogen and oxygen atoms in total. The molecular formula is C21H22N6O4. The van der Waals surface area contributed by atoms with E-state index in [1.165, 1.54) is 0 Å². The molecule has 4 rings (SSSR count). The fraction of sp³-hybridized carbons (Fsp3) is 0.286. The van der Waals surface area contributed by atoms with Crippen molar-refractivity contribution in [2.45, 2.75) is 25.0 Å². The summed E-state index contributed by atoms with van der Waals surface area (Å²) >= 11 is 0. The van der Waals surface area contributed by atoms with Gasteiger partial charge < -0.3 is 20.5 Å². The molecule has 1 aliphatic heterocycles. The van der Waals surface area contributed by atoms with Gasteiger partial charge in [0.05, 0.1) is 0 Å². The van der Waals surface area contributed by atoms with Crippen LogP contribution in [0.1, 0.15) is 28.8 Å². The van der Waals surface area contributed by atoms with Crippen LogP contribution in [-0.4, -0.2) is 61.1 Å². The van der Waals surface area contributed by atoms with Gasteiger partial charge in [0, 0.05) is 37.1 Å². The van der Waals surface area contributed by atoms with E-state index in [2.05, 4.69) is 20.6 Å². The highest BCUT2D eigenvalue weighted by Crippen LogP contribution is 2.24. The predicted octanol–water partition coefficient (Wildman–Crippen LogP) is 0.898. The van der Waals surface area contributed by atoms with E-state index >= 15 is 0 Å². The van der Waals surface area contributed by atoms with Crippen LogP contribution in [0.2, 0.25) is 0 Å². The number of nitrogens with one attached hydrogen (secondary N) is 1. The van der Waals surface area contributed by atoms with E-state index < -0.39 is 11.5 Å². The normalized spacial score (nSPS) is 15.5. The number of aliphatic hydroxyl groups is 1. The Balaban J connectivity index is 1.36. The SMILES string of the molecule is NC(=O)C1(O)CCN(C(=O)c2cccc(COc3ccc(-c4nn[nH]n4)cc3)c2)CC1. The predicted molar refractivity (Wildman–Crippen MR) is 110 cm³/mol. The summed E-state index contributed by atoms with van der Waals surface area (Å²) in [5, 5.41) is 24.0. The number of benzene rings is 2. The minimum Gasteiger partial charge on any atom is -0.489 e. The number of hydrogen-bond acceptors (Lipinski definition) is 7. The lowest BCUT2D eigenvalue weighted by atomic mass is 9.90. The van der Waals surface area contributed by atoms with Crippen LogP contribution >= 0.6 is 0 Å². The third-order valence-corrected chi connectivity index (χ3v) is 5.37. The fourth-order valence-electron chi connectivity index (χ4n) is 3.45. The van der Waals surface area contributed by atoms with Crippen LogP contribution in [0, 0.1) is 0 Å². The number of nitrogens with two attached hydrogens (primary N) is 1. The maximum Gasteiger partial charge on any atom is 0.253 e. The summed E-state index contributed by atoms with van der Waals surface area (Å²) in [6, 6.07) is 14.5. The number of primary amides is 1. The largest absolute Gasteiger partial charge is 0.489 e. The molecule has 1 saturated heterocycles. The monoisotopic (exact) mass is 422 g/mol. The summed E-state index contributed by atoms with van der Waals surface area (Å²) in [4.78, 5) is 25.8. The number of rotatable bonds is 6. The Labute approximate surface area is 178 Å². The Morgan fingerprint density at radius 3 is 2.55 bits per heavy atom. The van der Waals surface area contributed by atoms with Crippen LogP contribution in [0.3, 0.4) is 0 Å². The number of H-pyrrole nitrogens is 1. The first-order valence-corrected chi connectivity index (χ1v) is 9.82. The Bertz CT molecular complexity index is 1060. The molecular weight excluding hydrogens is 400 g/mol. The van der Waals surface area contributed by atoms with Gasteiger partial charge in [-0.2, -0.15) is 5.21 Å². The Morgan fingerprint density at radius 2 is 1.90 bits per heavy atom. The van der Waals surface area contributed by atoms with Gasteiger partial charge in [-0.15, -0.1) is 10.2 Å². The number of likely N-dealkylation sites (tertiary alicyclic amines) is 1. The number of ether oxygens (including phenoxy) is 1. The zero-order valence-electron chi connectivity index (χ0n) is 16.7. The van der Waals surface area contributed by atoms with Crippen molar-refractivity contribution in [2.75, 3.05) is 13.1 Å². The Morgan fingerprint density at radius 1 is 1.16 bits per heavy atom. The molecule has 1 fully saturated rings. The average molecular weight is 422 g/mol. The number of aromatic amines is 1. The molecule has 0 aliphatic carbocycles. The molecule has 0 saturated carbocycles. The summed E-state index contributed by atoms with van der Waals surface area (Å²) < 4.78 is 5.82. The highest BCUT2D eigenvalue weighted by atomic mass is 16.5. The van der Waals surface area contributed by atoms with E-state index in [-0.39, 0.29) is 31.8 Å². The molecule has 4 N–H and O–H groups in total. The van der Waals surface area contributed by atoms with Gasteiger partial charge in [0.15, 0.2) is 0 Å². The first-order chi connectivity index (χ1) is 14.9. The molecule has 0 spiro atoms. The molecule has 160 valence electrons. The van der Waals surface area contributed by atoms with Gasteiger partial charge >= 0.3 is 0 Å². The van der Waals surface area contributed by atoms with Crippen LogP contribution < -0.4 is 10.5 Å². The lowest BCUT2D eigenvalue weighted by molar-refractivity contribution is -0.140. The number of tetrazole rings is 1. The van der Waals surface area contributed by atoms with Crippen LogP contribution in [0.25, 0.3) is 11.4 Å². The number of nitrogens with zero attached hydrogens (tertiary/aromatic N) is 4. The number of hydrogen-bond donors (Lipinski definition) is 3. The molecule has 2 aromatic carbocycles. The molecule has 0 bridgehead atoms. The zero-order chi connectivity index (χ0) is 21.8. The van der Waals surface area contributed by atoms with E-state index in [1.54, 1.807) is 23.1 Å². The van der Waals surface area contributed by atoms with Crippen molar-refractivity contribution in [3.8, 4) is 17.1 Å². The first-order valence-electron chi connectivity index (χ1n) is 9.82. The van der Waals surface area contributed by atoms with Crippen LogP contribution in [-0.2, 0) is 11.4 Å². The highest BCUT2D eigenvalue weighted by Gasteiger charge is 2.38. The van der Waals surface area contributed by atoms with Crippen molar-refractivity contribution < 1.29 is 19.4 Å². The number of piperidine rings is 1. The summed E-state index contributed by atoms with van der Waals surface area (Å²) in [5.41, 5.74) is 5.91. The Kier molecular flexibility index (Phi) is 5.63. The molecule has 0 unspecified atom stereocenters. The molecule has 10 heteroatoms. The lowest BCUT2D eigenvalue weighted by Gasteiger charge is -2.36. The summed E-state index contributed by atoms with van der Waals surface area (Å²) in [6.45, 7) is 0.835. The van der Waals surface area contributed by atoms with Gasteiger partial charge in [-0.05, 0) is 47.2 Å². The smallest absolute Gasteiger partial charge is 0.253 e. The molecule has 3 aromatic rings. The van der Waals surface area contributed by atoms with Crippen molar-refractivity contribution >= 4 is 11.8 Å². The number of aromatic nitrogens is 4. The minimum atomic E-state index is -1.54. The molecule has 1 aromatic heterocycles. The second-order valence-corrected chi connectivity index (χ2v) is 7.44. The van der Waals surface area contributed by atoms with Crippen molar-refractivity contribution in [3.05, 3.63) is 59.7 Å². The van der Waals surface area contributed by atoms with E-state index in [9.17, 15) is 14.7 Å². The summed E-state index contributed by atoms with van der Waals surface area (Å²) in [6.07, 6.45) is 0.271. The van der Waals surface area contributed by atoms with Crippen molar-refractivity contribution in [2.24, 2.45) is 5.73 Å². The number of carbonyl (C=O) groups is 2. The second kappa shape index (κ2) is 8.52. The quantitative estimate of drug-likeness (QED) is 0.534. The molecule has 0 radical (unpaired) electrons. The van der Waals surface area contributed by atoms with E-state index in [1.807, 2.05) is 30.3 Å². The molecule has 31 heavy (non-hydrogen) atoms. The maximum absolute atomic E-state index is 12.8. The highest BCUT2D eigenvalue weighted by molar-refractivity contribution is 5.94. The van der Waals surface area contributed by atoms with E-state index in [4.69, 9.17) is 10.5 Å². The first kappa shape index (κ1) is 20.5. The number of amides is 2. The average Bonchev–Trinajstić information content (AvgIpc) is 3.33. The molecule has 2 amide bonds. The van der Waals surface area contributed by atoms with Crippen LogP contribution in [0.4, 0.5) is 0 Å². The maximum atomic E-state index is 12.8. The summed E-state index contributed by atoms with van der Waals surface area (Å²) in [7, 11) is 0. The third-order valence-electron chi connectivity index (χ3n) is 5.37. The second-order valence-electron chi connectivity index (χ2n) is 7.44. The minimum absolute atomic E-state index is 0.136. The molecule has 1 aliphatic rings. The van der Waals surface area contributed by atoms with Gasteiger partial charge in [-0.3, -0.25) is 9.59 Å². The van der Waals surface area contributed by atoms with Crippen LogP contribution in [0.5, 0.6) is 5.75 Å². The molecule has 2 heterocycles. The van der Waals surface area contributed by atoms with Gasteiger partial charge in [0.1, 0.15) is 18.0 Å². The molecule has 0 atom stereocenters. The van der Waals surface area contributed by atoms with Gasteiger partial charge in [0.2, 0.25) is 11.7 Å². The number of carbonyl (C=O) groups excluding carboxylic acids is 2. The van der Waals surface area contributed by atoms with Crippen molar-refractivity contribution in [1.82, 2.24) is 25.5 Å². The zero-order valence-corrected chi connectivity index (χ0v) is 16.7. The van der Waals surface area contributed by atoms with Gasteiger partial charge in [-0.1, -0.05) is 12.1 Å². The third kappa shape index (κ3) is 4.53. The van der Waals surface area contributed by atoms with E-state index in [0.717, 1.165) is 11.1 Å². The topological polar surface area (TPSA) is 147 Å². The van der Waals surface area contributed by atoms with Gasteiger partial charge in [-0.25, -0.2) is 0 Å². The lowest BCUT2D eigenvalue weighted by Crippen LogP contribution is -2.53. The standard InChI is InChI=1S/C21H22N6O4/c22-20(29)21(30)8-10-27(11-9-21)19(28)16-3-1-2-14(12-16)13-31-17-6-4-15(5-7-17)18-23-25-26-24-18/h1-7,12,30H,8-11,13H2,(H2,22,29)(H,23,24,25,26). The van der Waals surface area contributed by atoms with Crippen LogP contribution in [0.15, 0.2) is 48.5 Å². The van der Waals surface area contributed by atoms with Gasteiger partial charge in [0.25, 0.3) is 5.91 Å². The van der Waals surface area contributed by atoms with Crippen molar-refractivity contribution in [3.63, 3.8) is 0 Å². The van der Waals surface area contributed by atoms with Crippen molar-refractivity contribution in [1.29, 1.82) is 0 Å². The Hall–Kier alpha value is -3.79. The fourth-order valence-corrected chi connectivity index (χ4v) is 3.45.